The summed E-state index contributed by atoms with van der Waals surface area (Å²) in [6.07, 6.45) is 8.21. The molecule has 0 aromatic carbocycles. The van der Waals surface area contributed by atoms with Gasteiger partial charge in [0.15, 0.2) is 0 Å². The summed E-state index contributed by atoms with van der Waals surface area (Å²) in [4.78, 5) is 20.9. The van der Waals surface area contributed by atoms with Gasteiger partial charge in [0.2, 0.25) is 5.91 Å². The molecule has 2 aromatic rings. The van der Waals surface area contributed by atoms with Crippen molar-refractivity contribution in [2.75, 3.05) is 13.2 Å². The van der Waals surface area contributed by atoms with Gasteiger partial charge in [0.25, 0.3) is 0 Å². The van der Waals surface area contributed by atoms with Gasteiger partial charge < -0.3 is 20.3 Å². The first-order chi connectivity index (χ1) is 15.1. The van der Waals surface area contributed by atoms with Crippen molar-refractivity contribution in [3.05, 3.63) is 22.7 Å². The lowest BCUT2D eigenvalue weighted by Crippen LogP contribution is -2.73. The van der Waals surface area contributed by atoms with Crippen molar-refractivity contribution in [1.29, 1.82) is 0 Å². The molecule has 1 amide bonds. The summed E-state index contributed by atoms with van der Waals surface area (Å²) in [5, 5.41) is 11.1. The molecule has 0 unspecified atom stereocenters. The van der Waals surface area contributed by atoms with Gasteiger partial charge in [-0.1, -0.05) is 0 Å². The number of hydrogen-bond acceptors (Lipinski definition) is 7. The molecule has 6 rings (SSSR count). The average Bonchev–Trinajstić information content (AvgIpc) is 3.31. The van der Waals surface area contributed by atoms with Crippen LogP contribution in [0.15, 0.2) is 12.3 Å². The second-order valence-electron chi connectivity index (χ2n) is 9.50. The molecule has 31 heavy (non-hydrogen) atoms. The van der Waals surface area contributed by atoms with Crippen LogP contribution in [0.3, 0.4) is 0 Å². The molecule has 0 radical (unpaired) electrons. The Morgan fingerprint density at radius 3 is 2.87 bits per heavy atom. The number of primary amides is 1. The van der Waals surface area contributed by atoms with Crippen LogP contribution in [0.25, 0.3) is 10.2 Å². The molecule has 0 bridgehead atoms. The third-order valence-electron chi connectivity index (χ3n) is 7.77. The Hall–Kier alpha value is -1.74. The number of carbonyl (C=O) groups excluding carboxylic acids is 1. The quantitative estimate of drug-likeness (QED) is 0.711. The highest BCUT2D eigenvalue weighted by atomic mass is 32.1. The van der Waals surface area contributed by atoms with E-state index in [0.717, 1.165) is 54.8 Å². The number of ether oxygens (including phenoxy) is 2. The topological polar surface area (TPSA) is 97.9 Å². The summed E-state index contributed by atoms with van der Waals surface area (Å²) >= 11 is 1.72. The molecular formula is C23H29N3O4S. The normalized spacial score (nSPS) is 33.3. The van der Waals surface area contributed by atoms with E-state index in [1.807, 2.05) is 12.3 Å². The van der Waals surface area contributed by atoms with Crippen LogP contribution in [0.1, 0.15) is 54.9 Å². The van der Waals surface area contributed by atoms with Crippen molar-refractivity contribution in [3.8, 4) is 5.75 Å². The number of carbonyl (C=O) groups is 1. The first kappa shape index (κ1) is 19.9. The zero-order valence-corrected chi connectivity index (χ0v) is 18.4. The van der Waals surface area contributed by atoms with Gasteiger partial charge in [0, 0.05) is 23.7 Å². The predicted molar refractivity (Wildman–Crippen MR) is 117 cm³/mol. The number of aryl methyl sites for hydroxylation is 1. The van der Waals surface area contributed by atoms with Crippen molar-refractivity contribution < 1.29 is 19.4 Å². The highest BCUT2D eigenvalue weighted by Gasteiger charge is 2.50. The smallest absolute Gasteiger partial charge is 0.246 e. The molecule has 8 heteroatoms. The van der Waals surface area contributed by atoms with Crippen molar-refractivity contribution in [2.24, 2.45) is 5.73 Å². The number of likely N-dealkylation sites (tertiary alicyclic amines) is 1. The molecular weight excluding hydrogens is 414 g/mol. The summed E-state index contributed by atoms with van der Waals surface area (Å²) in [6, 6.07) is 3.32. The summed E-state index contributed by atoms with van der Waals surface area (Å²) in [7, 11) is 0. The van der Waals surface area contributed by atoms with Crippen molar-refractivity contribution >= 4 is 27.5 Å². The third kappa shape index (κ3) is 3.35. The molecule has 7 nitrogen and oxygen atoms in total. The predicted octanol–water partition coefficient (Wildman–Crippen LogP) is 2.34. The molecule has 2 aliphatic heterocycles. The van der Waals surface area contributed by atoms with Gasteiger partial charge in [-0.15, -0.1) is 11.3 Å². The number of rotatable bonds is 6. The van der Waals surface area contributed by atoms with Gasteiger partial charge in [0.1, 0.15) is 16.7 Å². The lowest BCUT2D eigenvalue weighted by molar-refractivity contribution is -0.230. The Kier molecular flexibility index (Phi) is 4.94. The van der Waals surface area contributed by atoms with E-state index in [1.54, 1.807) is 11.3 Å². The third-order valence-corrected chi connectivity index (χ3v) is 8.94. The first-order valence-corrected chi connectivity index (χ1v) is 12.3. The number of pyridine rings is 1. The van der Waals surface area contributed by atoms with Crippen LogP contribution in [0.4, 0.5) is 0 Å². The molecule has 2 saturated heterocycles. The van der Waals surface area contributed by atoms with E-state index in [9.17, 15) is 9.90 Å². The largest absolute Gasteiger partial charge is 0.490 e. The molecule has 4 atom stereocenters. The Bertz CT molecular complexity index is 1000. The van der Waals surface area contributed by atoms with E-state index in [4.69, 9.17) is 15.2 Å². The van der Waals surface area contributed by atoms with E-state index < -0.39 is 12.0 Å². The molecule has 3 fully saturated rings. The van der Waals surface area contributed by atoms with Gasteiger partial charge >= 0.3 is 0 Å². The number of morpholine rings is 1. The fourth-order valence-corrected chi connectivity index (χ4v) is 7.21. The SMILES string of the molecule is NC(=O)[C@@H](O)C[C@H]1CCc2sc3nccc(O[C@H]4CC[C@H](N5C[C@H]6OC[C@H]65)CC4)c3c21. The standard InChI is InChI=1S/C23H29N3O4S/c24-22(28)16(27)9-12-1-6-19-20(12)21-17(7-8-25-23(21)31-19)30-14-4-2-13(3-5-14)26-10-18-15(26)11-29-18/h7-8,12-16,18,27H,1-6,9-11H2,(H2,24,28)/t12-,13-,14-,15-,16+,18-/m1/s1. The Balaban J connectivity index is 1.18. The number of aliphatic hydroxyl groups excluding tert-OH is 1. The first-order valence-electron chi connectivity index (χ1n) is 11.5. The molecule has 0 spiro atoms. The van der Waals surface area contributed by atoms with Crippen molar-refractivity contribution in [3.63, 3.8) is 0 Å². The highest BCUT2D eigenvalue weighted by Crippen LogP contribution is 2.48. The summed E-state index contributed by atoms with van der Waals surface area (Å²) < 4.78 is 12.1. The number of fused-ring (bicyclic) bond motifs is 4. The summed E-state index contributed by atoms with van der Waals surface area (Å²) in [5.41, 5.74) is 6.52. The van der Waals surface area contributed by atoms with Crippen molar-refractivity contribution in [2.45, 2.75) is 81.3 Å². The minimum atomic E-state index is -1.11. The van der Waals surface area contributed by atoms with Crippen LogP contribution < -0.4 is 10.5 Å². The lowest BCUT2D eigenvalue weighted by Gasteiger charge is -2.58. The zero-order chi connectivity index (χ0) is 21.1. The molecule has 1 saturated carbocycles. The Morgan fingerprint density at radius 2 is 2.19 bits per heavy atom. The number of aromatic nitrogens is 1. The van der Waals surface area contributed by atoms with E-state index in [1.165, 1.54) is 23.3 Å². The van der Waals surface area contributed by atoms with Gasteiger partial charge in [-0.2, -0.15) is 0 Å². The van der Waals surface area contributed by atoms with Crippen LogP contribution in [-0.2, 0) is 16.0 Å². The van der Waals surface area contributed by atoms with Gasteiger partial charge in [-0.05, 0) is 62.5 Å². The number of nitrogens with two attached hydrogens (primary N) is 1. The number of aliphatic hydroxyl groups is 1. The van der Waals surface area contributed by atoms with Gasteiger partial charge in [-0.25, -0.2) is 4.98 Å². The van der Waals surface area contributed by atoms with E-state index in [-0.39, 0.29) is 12.0 Å². The monoisotopic (exact) mass is 443 g/mol. The summed E-state index contributed by atoms with van der Waals surface area (Å²) in [6.45, 7) is 2.01. The van der Waals surface area contributed by atoms with Crippen LogP contribution in [0.5, 0.6) is 5.75 Å². The zero-order valence-electron chi connectivity index (χ0n) is 17.5. The fourth-order valence-electron chi connectivity index (χ4n) is 5.95. The Morgan fingerprint density at radius 1 is 1.35 bits per heavy atom. The number of amides is 1. The fraction of sp³-hybridized carbons (Fsp3) is 0.652. The lowest BCUT2D eigenvalue weighted by atomic mass is 9.85. The number of hydrogen-bond donors (Lipinski definition) is 2. The number of nitrogens with zero attached hydrogens (tertiary/aromatic N) is 2. The molecule has 166 valence electrons. The maximum atomic E-state index is 11.4. The second kappa shape index (κ2) is 7.69. The minimum Gasteiger partial charge on any atom is -0.490 e. The maximum Gasteiger partial charge on any atom is 0.246 e. The molecule has 3 N–H and O–H groups in total. The van der Waals surface area contributed by atoms with Crippen LogP contribution in [0, 0.1) is 0 Å². The molecule has 2 aromatic heterocycles. The van der Waals surface area contributed by atoms with E-state index in [2.05, 4.69) is 9.88 Å². The average molecular weight is 444 g/mol. The number of thiophene rings is 1. The maximum absolute atomic E-state index is 11.4. The second-order valence-corrected chi connectivity index (χ2v) is 10.6. The van der Waals surface area contributed by atoms with E-state index in [0.29, 0.717) is 24.6 Å². The Labute approximate surface area is 185 Å². The summed E-state index contributed by atoms with van der Waals surface area (Å²) in [5.74, 6) is 0.377. The van der Waals surface area contributed by atoms with Gasteiger partial charge in [0.05, 0.1) is 30.2 Å². The molecule has 2 aliphatic carbocycles. The molecule has 4 heterocycles. The van der Waals surface area contributed by atoms with Crippen LogP contribution in [-0.4, -0.2) is 64.4 Å². The van der Waals surface area contributed by atoms with Crippen LogP contribution >= 0.6 is 11.3 Å². The van der Waals surface area contributed by atoms with Crippen LogP contribution in [0.2, 0.25) is 0 Å². The minimum absolute atomic E-state index is 0.123. The molecule has 4 aliphatic rings. The highest BCUT2D eigenvalue weighted by molar-refractivity contribution is 7.19. The van der Waals surface area contributed by atoms with E-state index >= 15 is 0 Å². The van der Waals surface area contributed by atoms with Crippen molar-refractivity contribution in [1.82, 2.24) is 9.88 Å². The van der Waals surface area contributed by atoms with Gasteiger partial charge in [-0.3, -0.25) is 9.69 Å².